The first-order chi connectivity index (χ1) is 20.6. The molecule has 2 aliphatic carbocycles. The number of pyridine rings is 1. The summed E-state index contributed by atoms with van der Waals surface area (Å²) in [5, 5.41) is 8.76. The van der Waals surface area contributed by atoms with Crippen LogP contribution >= 0.6 is 0 Å². The summed E-state index contributed by atoms with van der Waals surface area (Å²) in [6.07, 6.45) is 5.92. The van der Waals surface area contributed by atoms with Crippen LogP contribution in [0.2, 0.25) is 0 Å². The number of carbonyl (C=O) groups is 4. The molecule has 0 aromatic carbocycles. The minimum Gasteiger partial charge on any atom is -0.373 e. The first-order valence-electron chi connectivity index (χ1n) is 14.1. The lowest BCUT2D eigenvalue weighted by Gasteiger charge is -2.30. The van der Waals surface area contributed by atoms with Crippen LogP contribution in [0.3, 0.4) is 0 Å². The van der Waals surface area contributed by atoms with Crippen molar-refractivity contribution in [2.75, 3.05) is 43.6 Å². The molecule has 226 valence electrons. The predicted molar refractivity (Wildman–Crippen MR) is 149 cm³/mol. The number of alkyl halides is 2. The fourth-order valence-electron chi connectivity index (χ4n) is 5.80. The second kappa shape index (κ2) is 10.5. The highest BCUT2D eigenvalue weighted by Gasteiger charge is 2.71. The number of anilines is 2. The van der Waals surface area contributed by atoms with Gasteiger partial charge in [-0.1, -0.05) is 6.92 Å². The summed E-state index contributed by atoms with van der Waals surface area (Å²) in [7, 11) is 1.61. The first-order valence-corrected chi connectivity index (χ1v) is 14.1. The highest BCUT2D eigenvalue weighted by molar-refractivity contribution is 6.05. The number of imide groups is 1. The van der Waals surface area contributed by atoms with E-state index in [2.05, 4.69) is 30.9 Å². The number of rotatable bonds is 11. The van der Waals surface area contributed by atoms with Crippen molar-refractivity contribution >= 4 is 35.6 Å². The van der Waals surface area contributed by atoms with E-state index in [4.69, 9.17) is 0 Å². The summed E-state index contributed by atoms with van der Waals surface area (Å²) in [6.45, 7) is 1.98. The zero-order valence-corrected chi connectivity index (χ0v) is 23.6. The maximum Gasteiger partial charge on any atom is 0.280 e. The van der Waals surface area contributed by atoms with Gasteiger partial charge >= 0.3 is 0 Å². The number of halogens is 2. The Balaban J connectivity index is 1.15. The lowest BCUT2D eigenvalue weighted by atomic mass is 10.1. The van der Waals surface area contributed by atoms with Crippen molar-refractivity contribution in [2.24, 2.45) is 11.8 Å². The normalized spacial score (nSPS) is 22.4. The third-order valence-corrected chi connectivity index (χ3v) is 8.61. The number of Topliss-reactive ketones (excluding diaryl/α,β-unsaturated/α-hetero) is 1. The molecule has 15 heteroatoms. The Kier molecular flexibility index (Phi) is 6.97. The lowest BCUT2D eigenvalue weighted by Crippen LogP contribution is -2.49. The molecule has 13 nitrogen and oxygen atoms in total. The molecule has 0 radical (unpaired) electrons. The summed E-state index contributed by atoms with van der Waals surface area (Å²) in [4.78, 5) is 68.1. The molecule has 2 aromatic rings. The third-order valence-electron chi connectivity index (χ3n) is 8.61. The number of hydrogen-bond acceptors (Lipinski definition) is 11. The van der Waals surface area contributed by atoms with Crippen molar-refractivity contribution in [3.8, 4) is 11.3 Å². The van der Waals surface area contributed by atoms with E-state index in [0.29, 0.717) is 42.1 Å². The van der Waals surface area contributed by atoms with E-state index in [1.54, 1.807) is 37.2 Å². The summed E-state index contributed by atoms with van der Waals surface area (Å²) >= 11 is 0. The molecule has 0 bridgehead atoms. The van der Waals surface area contributed by atoms with Crippen LogP contribution in [0.1, 0.15) is 26.2 Å². The van der Waals surface area contributed by atoms with Gasteiger partial charge in [-0.05, 0) is 25.0 Å². The second-order valence-corrected chi connectivity index (χ2v) is 11.1. The molecule has 3 amide bonds. The van der Waals surface area contributed by atoms with Crippen molar-refractivity contribution in [1.29, 1.82) is 0 Å². The van der Waals surface area contributed by atoms with Gasteiger partial charge in [0, 0.05) is 38.3 Å². The van der Waals surface area contributed by atoms with E-state index in [9.17, 15) is 28.0 Å². The highest BCUT2D eigenvalue weighted by Crippen LogP contribution is 2.59. The number of aromatic nitrogens is 3. The molecule has 6 rings (SSSR count). The Hall–Kier alpha value is -4.69. The molecule has 2 unspecified atom stereocenters. The molecule has 3 fully saturated rings. The van der Waals surface area contributed by atoms with Gasteiger partial charge in [0.2, 0.25) is 6.41 Å². The number of nitrogens with zero attached hydrogens (tertiary/aromatic N) is 6. The minimum absolute atomic E-state index is 0.0937. The summed E-state index contributed by atoms with van der Waals surface area (Å²) in [6, 6.07) is 3.54. The van der Waals surface area contributed by atoms with E-state index in [1.165, 1.54) is 12.4 Å². The van der Waals surface area contributed by atoms with Crippen molar-refractivity contribution < 1.29 is 28.0 Å². The van der Waals surface area contributed by atoms with E-state index in [0.717, 1.165) is 4.90 Å². The largest absolute Gasteiger partial charge is 0.373 e. The topological polar surface area (TPSA) is 153 Å². The molecule has 3 N–H and O–H groups in total. The molecule has 1 saturated heterocycles. The number of hydrogen-bond donors (Lipinski definition) is 3. The van der Waals surface area contributed by atoms with Crippen LogP contribution in [0, 0.1) is 11.8 Å². The lowest BCUT2D eigenvalue weighted by molar-refractivity contribution is -0.140. The third kappa shape index (κ3) is 4.91. The molecule has 43 heavy (non-hydrogen) atoms. The standard InChI is InChI=1S/C28H31F2N9O4/c1-3-17(41)11-38(15-40)25(42)23-24(31-2)34-14-39(23)27(6-7-27)26(43)36-21-10-32-9-20(35-21)16-4-5-22(33-8-16)37-12-18-19(13-37)28(18,29)30/h4-5,8-10,15,18-19,31,34H,3,6-7,11-14H2,1-2H3,(H,35,36,43). The monoisotopic (exact) mass is 595 g/mol. The smallest absolute Gasteiger partial charge is 0.280 e. The summed E-state index contributed by atoms with van der Waals surface area (Å²) in [5.74, 6) is -3.97. The Morgan fingerprint density at radius 3 is 2.51 bits per heavy atom. The minimum atomic E-state index is -2.56. The zero-order valence-electron chi connectivity index (χ0n) is 23.6. The summed E-state index contributed by atoms with van der Waals surface area (Å²) in [5.41, 5.74) is 0.109. The van der Waals surface area contributed by atoms with Crippen molar-refractivity contribution in [2.45, 2.75) is 37.6 Å². The molecule has 2 aromatic heterocycles. The molecule has 4 heterocycles. The summed E-state index contributed by atoms with van der Waals surface area (Å²) < 4.78 is 27.1. The van der Waals surface area contributed by atoms with E-state index >= 15 is 0 Å². The number of carbonyl (C=O) groups excluding carboxylic acids is 4. The molecule has 0 spiro atoms. The molecule has 4 aliphatic rings. The number of ketones is 1. The van der Waals surface area contributed by atoms with Crippen LogP contribution in [-0.2, 0) is 19.2 Å². The predicted octanol–water partition coefficient (Wildman–Crippen LogP) is 0.926. The van der Waals surface area contributed by atoms with Gasteiger partial charge in [0.15, 0.2) is 11.6 Å². The van der Waals surface area contributed by atoms with Crippen LogP contribution in [0.4, 0.5) is 20.4 Å². The van der Waals surface area contributed by atoms with Crippen molar-refractivity contribution in [1.82, 2.24) is 35.4 Å². The molecular weight excluding hydrogens is 564 g/mol. The van der Waals surface area contributed by atoms with E-state index in [-0.39, 0.29) is 50.0 Å². The highest BCUT2D eigenvalue weighted by atomic mass is 19.3. The fourth-order valence-corrected chi connectivity index (χ4v) is 5.80. The number of nitrogens with one attached hydrogen (secondary N) is 3. The van der Waals surface area contributed by atoms with Gasteiger partial charge in [-0.3, -0.25) is 29.1 Å². The van der Waals surface area contributed by atoms with Gasteiger partial charge < -0.3 is 25.8 Å². The Morgan fingerprint density at radius 1 is 1.16 bits per heavy atom. The molecular formula is C28H31F2N9O4. The van der Waals surface area contributed by atoms with Crippen LogP contribution in [0.25, 0.3) is 11.3 Å². The van der Waals surface area contributed by atoms with Gasteiger partial charge in [0.1, 0.15) is 22.9 Å². The quantitative estimate of drug-likeness (QED) is 0.318. The maximum atomic E-state index is 13.6. The van der Waals surface area contributed by atoms with Crippen LogP contribution in [-0.4, -0.2) is 93.6 Å². The molecule has 2 aliphatic heterocycles. The van der Waals surface area contributed by atoms with Crippen LogP contribution in [0.5, 0.6) is 0 Å². The zero-order chi connectivity index (χ0) is 30.5. The number of piperidine rings is 1. The average Bonchev–Trinajstić information content (AvgIpc) is 3.72. The average molecular weight is 596 g/mol. The molecule has 2 atom stereocenters. The Labute approximate surface area is 245 Å². The second-order valence-electron chi connectivity index (χ2n) is 11.1. The van der Waals surface area contributed by atoms with E-state index < -0.39 is 35.1 Å². The van der Waals surface area contributed by atoms with Crippen molar-refractivity contribution in [3.05, 3.63) is 42.2 Å². The number of fused-ring (bicyclic) bond motifs is 1. The number of amides is 3. The fraction of sp³-hybridized carbons (Fsp3) is 0.464. The van der Waals surface area contributed by atoms with Gasteiger partial charge in [-0.2, -0.15) is 0 Å². The Morgan fingerprint density at radius 2 is 1.91 bits per heavy atom. The van der Waals surface area contributed by atoms with Gasteiger partial charge in [0.05, 0.1) is 43.1 Å². The van der Waals surface area contributed by atoms with Crippen LogP contribution in [0.15, 0.2) is 42.2 Å². The van der Waals surface area contributed by atoms with Crippen molar-refractivity contribution in [3.63, 3.8) is 0 Å². The first kappa shape index (κ1) is 28.4. The van der Waals surface area contributed by atoms with E-state index in [1.807, 2.05) is 4.90 Å². The van der Waals surface area contributed by atoms with Crippen LogP contribution < -0.4 is 20.9 Å². The van der Waals surface area contributed by atoms with Gasteiger partial charge in [0.25, 0.3) is 17.7 Å². The molecule has 2 saturated carbocycles. The maximum absolute atomic E-state index is 13.6. The SMILES string of the molecule is CCC(=O)CN(C=O)C(=O)C1=C(NC)NCN1C1(C(=O)Nc2cncc(-c3ccc(N4CC5C(C4)C5(F)F)nc3)n2)CC1. The van der Waals surface area contributed by atoms with Gasteiger partial charge in [-0.15, -0.1) is 0 Å². The van der Waals surface area contributed by atoms with Gasteiger partial charge in [-0.25, -0.2) is 18.7 Å². The Bertz CT molecular complexity index is 1500.